The minimum Gasteiger partial charge on any atom is -0.481 e. The summed E-state index contributed by atoms with van der Waals surface area (Å²) >= 11 is 0. The zero-order valence-corrected chi connectivity index (χ0v) is 14.1. The third-order valence-corrected chi connectivity index (χ3v) is 2.42. The molecule has 0 radical (unpaired) electrons. The van der Waals surface area contributed by atoms with Gasteiger partial charge in [-0.05, 0) is 0 Å². The summed E-state index contributed by atoms with van der Waals surface area (Å²) in [4.78, 5) is 55.3. The van der Waals surface area contributed by atoms with Crippen LogP contribution < -0.4 is 5.73 Å². The predicted molar refractivity (Wildman–Crippen MR) is 86.9 cm³/mol. The smallest absolute Gasteiger partial charge is 0.320 e. The van der Waals surface area contributed by atoms with E-state index in [0.29, 0.717) is 0 Å². The number of aliphatic carboxylic acids is 5. The molecule has 0 fully saturated rings. The van der Waals surface area contributed by atoms with Crippen molar-refractivity contribution >= 4 is 29.8 Å². The molecule has 27 heavy (non-hydrogen) atoms. The van der Waals surface area contributed by atoms with Crippen LogP contribution in [0.1, 0.15) is 31.4 Å². The quantitative estimate of drug-likeness (QED) is 0.274. The molecule has 1 aromatic rings. The first-order valence-electron chi connectivity index (χ1n) is 7.28. The highest BCUT2D eigenvalue weighted by molar-refractivity contribution is 5.75. The minimum atomic E-state index is -1.08. The molecule has 0 bridgehead atoms. The zero-order valence-electron chi connectivity index (χ0n) is 14.1. The molecule has 152 valence electrons. The van der Waals surface area contributed by atoms with Gasteiger partial charge in [0.25, 0.3) is 0 Å². The number of carboxylic acids is 5. The summed E-state index contributed by atoms with van der Waals surface area (Å²) in [6.45, 7) is 0. The maximum atomic E-state index is 10.3. The second kappa shape index (κ2) is 14.8. The average Bonchev–Trinajstić information content (AvgIpc) is 3.05. The summed E-state index contributed by atoms with van der Waals surface area (Å²) in [5, 5.41) is 40.0. The summed E-state index contributed by atoms with van der Waals surface area (Å²) in [6.07, 6.45) is 2.15. The fraction of sp³-hybridized carbons (Fsp3) is 0.429. The van der Waals surface area contributed by atoms with E-state index in [0.717, 1.165) is 5.69 Å². The lowest BCUT2D eigenvalue weighted by atomic mass is 10.2. The van der Waals surface area contributed by atoms with E-state index < -0.39 is 35.9 Å². The van der Waals surface area contributed by atoms with Crippen molar-refractivity contribution in [2.45, 2.75) is 38.1 Å². The average molecular weight is 391 g/mol. The molecule has 0 saturated heterocycles. The number of imidazole rings is 1. The van der Waals surface area contributed by atoms with Crippen LogP contribution in [0.2, 0.25) is 0 Å². The number of aromatic amines is 1. The summed E-state index contributed by atoms with van der Waals surface area (Å²) in [7, 11) is 0. The third-order valence-electron chi connectivity index (χ3n) is 2.42. The van der Waals surface area contributed by atoms with E-state index in [1.165, 1.54) is 6.33 Å². The van der Waals surface area contributed by atoms with E-state index in [4.69, 9.17) is 31.3 Å². The second-order valence-corrected chi connectivity index (χ2v) is 4.80. The largest absolute Gasteiger partial charge is 0.481 e. The van der Waals surface area contributed by atoms with Crippen molar-refractivity contribution in [2.24, 2.45) is 5.73 Å². The summed E-state index contributed by atoms with van der Waals surface area (Å²) in [5.74, 6) is -5.31. The van der Waals surface area contributed by atoms with E-state index in [1.807, 2.05) is 0 Å². The number of rotatable bonds is 9. The Morgan fingerprint density at radius 1 is 0.852 bits per heavy atom. The number of H-pyrrole nitrogens is 1. The van der Waals surface area contributed by atoms with Gasteiger partial charge < -0.3 is 36.3 Å². The monoisotopic (exact) mass is 391 g/mol. The van der Waals surface area contributed by atoms with E-state index in [9.17, 15) is 24.0 Å². The third kappa shape index (κ3) is 20.5. The van der Waals surface area contributed by atoms with Gasteiger partial charge in [-0.25, -0.2) is 4.98 Å². The van der Waals surface area contributed by atoms with Crippen LogP contribution in [-0.2, 0) is 30.4 Å². The lowest BCUT2D eigenvalue weighted by Gasteiger charge is -2.02. The van der Waals surface area contributed by atoms with E-state index in [-0.39, 0.29) is 32.1 Å². The van der Waals surface area contributed by atoms with Crippen molar-refractivity contribution < 1.29 is 49.5 Å². The number of nitrogens with one attached hydrogen (secondary N) is 1. The Balaban J connectivity index is 0. The van der Waals surface area contributed by atoms with Gasteiger partial charge in [0.05, 0.1) is 32.0 Å². The maximum Gasteiger partial charge on any atom is 0.320 e. The Morgan fingerprint density at radius 3 is 1.44 bits per heavy atom. The first-order valence-corrected chi connectivity index (χ1v) is 7.28. The van der Waals surface area contributed by atoms with Crippen molar-refractivity contribution in [1.29, 1.82) is 0 Å². The first kappa shape index (κ1) is 25.8. The number of hydrogen-bond donors (Lipinski definition) is 7. The Hall–Kier alpha value is -3.48. The molecule has 0 amide bonds. The van der Waals surface area contributed by atoms with Crippen molar-refractivity contribution in [2.75, 3.05) is 0 Å². The van der Waals surface area contributed by atoms with Crippen LogP contribution in [0, 0.1) is 0 Å². The number of carboxylic acid groups (broad SMARTS) is 5. The van der Waals surface area contributed by atoms with Crippen LogP contribution >= 0.6 is 0 Å². The molecule has 0 unspecified atom stereocenters. The number of nitrogens with zero attached hydrogens (tertiary/aromatic N) is 1. The molecule has 0 aliphatic carbocycles. The Morgan fingerprint density at radius 2 is 1.22 bits per heavy atom. The molecule has 1 rings (SSSR count). The molecule has 1 aromatic heterocycles. The number of hydrogen-bond acceptors (Lipinski definition) is 7. The molecule has 13 heteroatoms. The highest BCUT2D eigenvalue weighted by Crippen LogP contribution is 1.95. The zero-order chi connectivity index (χ0) is 21.4. The molecule has 0 saturated carbocycles. The van der Waals surface area contributed by atoms with Crippen molar-refractivity contribution in [3.63, 3.8) is 0 Å². The molecule has 1 heterocycles. The highest BCUT2D eigenvalue weighted by atomic mass is 16.4. The SMILES string of the molecule is N[C@@H](Cc1cnc[nH]1)C(=O)O.O=C(O)CCC(=O)O.O=C(O)CCC(=O)O. The van der Waals surface area contributed by atoms with Crippen molar-refractivity contribution in [3.8, 4) is 0 Å². The van der Waals surface area contributed by atoms with Crippen LogP contribution in [0.25, 0.3) is 0 Å². The standard InChI is InChI=1S/C6H9N3O2.2C4H6O4/c7-5(6(10)11)1-4-2-8-3-9-4;2*5-3(6)1-2-4(7)8/h2-3,5H,1,7H2,(H,8,9)(H,10,11);2*1-2H2,(H,5,6)(H,7,8)/t5-;;/m0../s1. The fourth-order valence-corrected chi connectivity index (χ4v) is 1.15. The van der Waals surface area contributed by atoms with E-state index in [1.54, 1.807) is 6.20 Å². The van der Waals surface area contributed by atoms with Crippen molar-refractivity contribution in [1.82, 2.24) is 9.97 Å². The highest BCUT2D eigenvalue weighted by Gasteiger charge is 2.12. The van der Waals surface area contributed by atoms with Gasteiger partial charge in [0.2, 0.25) is 0 Å². The van der Waals surface area contributed by atoms with Gasteiger partial charge in [-0.3, -0.25) is 24.0 Å². The van der Waals surface area contributed by atoms with Crippen LogP contribution in [0.5, 0.6) is 0 Å². The van der Waals surface area contributed by atoms with Gasteiger partial charge in [0, 0.05) is 18.3 Å². The van der Waals surface area contributed by atoms with Gasteiger partial charge in [-0.15, -0.1) is 0 Å². The molecular formula is C14H21N3O10. The Kier molecular flexibility index (Phi) is 14.1. The van der Waals surface area contributed by atoms with E-state index >= 15 is 0 Å². The fourth-order valence-electron chi connectivity index (χ4n) is 1.15. The summed E-state index contributed by atoms with van der Waals surface area (Å²) in [5.41, 5.74) is 6.00. The molecule has 0 aliphatic heterocycles. The van der Waals surface area contributed by atoms with Gasteiger partial charge >= 0.3 is 29.8 Å². The van der Waals surface area contributed by atoms with E-state index in [2.05, 4.69) is 9.97 Å². The molecule has 0 aliphatic rings. The molecule has 1 atom stereocenters. The van der Waals surface area contributed by atoms with Crippen molar-refractivity contribution in [3.05, 3.63) is 18.2 Å². The minimum absolute atomic E-state index is 0.287. The lowest BCUT2D eigenvalue weighted by molar-refractivity contribution is -0.143. The van der Waals surface area contributed by atoms with Gasteiger partial charge in [0.1, 0.15) is 6.04 Å². The maximum absolute atomic E-state index is 10.3. The summed E-state index contributed by atoms with van der Waals surface area (Å²) < 4.78 is 0. The second-order valence-electron chi connectivity index (χ2n) is 4.80. The van der Waals surface area contributed by atoms with Crippen LogP contribution in [-0.4, -0.2) is 71.4 Å². The van der Waals surface area contributed by atoms with Crippen LogP contribution in [0.4, 0.5) is 0 Å². The van der Waals surface area contributed by atoms with Gasteiger partial charge in [-0.1, -0.05) is 0 Å². The summed E-state index contributed by atoms with van der Waals surface area (Å²) in [6, 6.07) is -0.851. The molecular weight excluding hydrogens is 370 g/mol. The number of nitrogens with two attached hydrogens (primary N) is 1. The molecule has 0 aromatic carbocycles. The normalized spacial score (nSPS) is 10.3. The molecule has 13 nitrogen and oxygen atoms in total. The first-order chi connectivity index (χ1) is 12.5. The van der Waals surface area contributed by atoms with Crippen LogP contribution in [0.15, 0.2) is 12.5 Å². The molecule has 8 N–H and O–H groups in total. The topological polar surface area (TPSA) is 241 Å². The lowest BCUT2D eigenvalue weighted by Crippen LogP contribution is -2.32. The Labute approximate surface area is 152 Å². The number of aromatic nitrogens is 2. The Bertz CT molecular complexity index is 559. The number of carbonyl (C=O) groups is 5. The molecule has 0 spiro atoms. The van der Waals surface area contributed by atoms with Gasteiger partial charge in [0.15, 0.2) is 0 Å². The predicted octanol–water partition coefficient (Wildman–Crippen LogP) is -0.764. The van der Waals surface area contributed by atoms with Crippen LogP contribution in [0.3, 0.4) is 0 Å². The van der Waals surface area contributed by atoms with Gasteiger partial charge in [-0.2, -0.15) is 0 Å².